The number of fused-ring (bicyclic) bond motifs is 2. The van der Waals surface area contributed by atoms with E-state index in [1.165, 1.54) is 41.2 Å². The van der Waals surface area contributed by atoms with Gasteiger partial charge in [-0.3, -0.25) is 14.6 Å². The third kappa shape index (κ3) is 4.63. The smallest absolute Gasteiger partial charge is 0.255 e. The lowest BCUT2D eigenvalue weighted by Gasteiger charge is -2.27. The normalized spacial score (nSPS) is 20.5. The van der Waals surface area contributed by atoms with Crippen molar-refractivity contribution in [1.82, 2.24) is 25.3 Å². The van der Waals surface area contributed by atoms with Gasteiger partial charge < -0.3 is 4.90 Å². The van der Waals surface area contributed by atoms with Gasteiger partial charge in [0, 0.05) is 35.2 Å². The molecule has 9 heteroatoms. The Morgan fingerprint density at radius 1 is 1.06 bits per heavy atom. The molecule has 1 saturated carbocycles. The van der Waals surface area contributed by atoms with E-state index in [0.717, 1.165) is 60.9 Å². The van der Waals surface area contributed by atoms with Crippen LogP contribution in [0.15, 0.2) is 40.3 Å². The Morgan fingerprint density at radius 3 is 2.61 bits per heavy atom. The Morgan fingerprint density at radius 2 is 1.86 bits per heavy atom. The Kier molecular flexibility index (Phi) is 6.45. The number of aromatic nitrogens is 3. The number of anilines is 1. The molecule has 0 spiro atoms. The molecule has 2 fully saturated rings. The van der Waals surface area contributed by atoms with Crippen LogP contribution in [0, 0.1) is 5.92 Å². The molecule has 8 nitrogen and oxygen atoms in total. The Labute approximate surface area is 214 Å². The van der Waals surface area contributed by atoms with E-state index in [-0.39, 0.29) is 5.56 Å². The summed E-state index contributed by atoms with van der Waals surface area (Å²) >= 11 is 1.88. The predicted octanol–water partition coefficient (Wildman–Crippen LogP) is 3.55. The Bertz CT molecular complexity index is 1330. The summed E-state index contributed by atoms with van der Waals surface area (Å²) in [7, 11) is 2.20. The number of benzene rings is 1. The first kappa shape index (κ1) is 23.5. The number of carbonyl (C=O) groups is 1. The summed E-state index contributed by atoms with van der Waals surface area (Å²) in [5, 5.41) is 3.15. The second kappa shape index (κ2) is 9.88. The summed E-state index contributed by atoms with van der Waals surface area (Å²) in [5.41, 5.74) is 7.77. The highest BCUT2D eigenvalue weighted by molar-refractivity contribution is 7.18. The third-order valence-corrected chi connectivity index (χ3v) is 8.82. The minimum atomic E-state index is -0.0426. The maximum Gasteiger partial charge on any atom is 0.255 e. The number of nitrogens with one attached hydrogen (secondary N) is 2. The van der Waals surface area contributed by atoms with Gasteiger partial charge in [-0.2, -0.15) is 0 Å². The highest BCUT2D eigenvalue weighted by Crippen LogP contribution is 2.41. The van der Waals surface area contributed by atoms with Gasteiger partial charge in [0.25, 0.3) is 5.56 Å². The molecule has 7 rings (SSSR count). The molecule has 0 radical (unpaired) electrons. The molecule has 3 aromatic rings. The summed E-state index contributed by atoms with van der Waals surface area (Å²) in [5.74, 6) is 1.63. The Hall–Kier alpha value is -2.88. The Balaban J connectivity index is 0.000000137. The molecule has 0 unspecified atom stereocenters. The summed E-state index contributed by atoms with van der Waals surface area (Å²) in [4.78, 5) is 37.9. The molecule has 4 heterocycles. The SMILES string of the molecule is CN1CCC(c2nc3ccccc3s2)CC1.O=CC1=C(C2CC2)N(c2nc3c(c(=O)[nH]2)CCC3)NC1. The zero-order chi connectivity index (χ0) is 24.6. The standard InChI is InChI=1S/C14H16N4O2.C13H16N2S/c19-7-9-6-15-18(12(9)8-4-5-8)14-16-11-3-1-2-10(11)13(20)17-14;1-15-8-6-10(7-9-15)13-14-11-4-2-3-5-12(11)16-13/h7-8,15H,1-6H2,(H,16,17,20);2-5,10H,6-9H2,1H3. The van der Waals surface area contributed by atoms with Crippen LogP contribution >= 0.6 is 11.3 Å². The van der Waals surface area contributed by atoms with Crippen molar-refractivity contribution in [3.63, 3.8) is 0 Å². The number of likely N-dealkylation sites (tertiary alicyclic amines) is 1. The van der Waals surface area contributed by atoms with Crippen molar-refractivity contribution in [3.05, 3.63) is 62.2 Å². The molecule has 188 valence electrons. The van der Waals surface area contributed by atoms with E-state index in [2.05, 4.69) is 51.6 Å². The third-order valence-electron chi connectivity index (χ3n) is 7.62. The number of H-pyrrole nitrogens is 1. The number of nitrogens with zero attached hydrogens (tertiary/aromatic N) is 4. The number of carbonyl (C=O) groups excluding carboxylic acids is 1. The van der Waals surface area contributed by atoms with Crippen LogP contribution in [0.3, 0.4) is 0 Å². The minimum absolute atomic E-state index is 0.0426. The predicted molar refractivity (Wildman–Crippen MR) is 142 cm³/mol. The van der Waals surface area contributed by atoms with Crippen molar-refractivity contribution in [2.45, 2.75) is 50.9 Å². The monoisotopic (exact) mass is 504 g/mol. The number of rotatable bonds is 4. The highest BCUT2D eigenvalue weighted by atomic mass is 32.1. The second-order valence-corrected chi connectivity index (χ2v) is 11.3. The van der Waals surface area contributed by atoms with Crippen molar-refractivity contribution in [3.8, 4) is 0 Å². The zero-order valence-corrected chi connectivity index (χ0v) is 21.4. The summed E-state index contributed by atoms with van der Waals surface area (Å²) < 4.78 is 1.33. The summed E-state index contributed by atoms with van der Waals surface area (Å²) in [6, 6.07) is 8.45. The van der Waals surface area contributed by atoms with Gasteiger partial charge in [0.1, 0.15) is 6.29 Å². The fraction of sp³-hybridized carbons (Fsp3) is 0.481. The molecule has 2 aromatic heterocycles. The van der Waals surface area contributed by atoms with E-state index >= 15 is 0 Å². The van der Waals surface area contributed by atoms with Crippen molar-refractivity contribution >= 4 is 33.8 Å². The first-order chi connectivity index (χ1) is 17.6. The van der Waals surface area contributed by atoms with Gasteiger partial charge in [-0.05, 0) is 77.2 Å². The van der Waals surface area contributed by atoms with Crippen LogP contribution in [0.2, 0.25) is 0 Å². The van der Waals surface area contributed by atoms with E-state index in [1.807, 2.05) is 11.3 Å². The number of piperidine rings is 1. The van der Waals surface area contributed by atoms with Gasteiger partial charge in [0.2, 0.25) is 5.95 Å². The van der Waals surface area contributed by atoms with E-state index in [9.17, 15) is 9.59 Å². The van der Waals surface area contributed by atoms with Gasteiger partial charge >= 0.3 is 0 Å². The van der Waals surface area contributed by atoms with E-state index < -0.39 is 0 Å². The molecular formula is C27H32N6O2S. The van der Waals surface area contributed by atoms with E-state index in [4.69, 9.17) is 4.98 Å². The van der Waals surface area contributed by atoms with Crippen molar-refractivity contribution in [1.29, 1.82) is 0 Å². The molecule has 2 aliphatic carbocycles. The molecular weight excluding hydrogens is 472 g/mol. The number of thiazole rings is 1. The topological polar surface area (TPSA) is 94.2 Å². The fourth-order valence-electron chi connectivity index (χ4n) is 5.43. The fourth-order valence-corrected chi connectivity index (χ4v) is 6.57. The van der Waals surface area contributed by atoms with Crippen molar-refractivity contribution in [2.24, 2.45) is 5.92 Å². The number of para-hydroxylation sites is 1. The van der Waals surface area contributed by atoms with Gasteiger partial charge in [0.05, 0.1) is 20.9 Å². The molecule has 2 aliphatic heterocycles. The molecule has 0 amide bonds. The first-order valence-corrected chi connectivity index (χ1v) is 13.8. The first-order valence-electron chi connectivity index (χ1n) is 13.0. The molecule has 4 aliphatic rings. The number of aldehydes is 1. The maximum atomic E-state index is 12.1. The van der Waals surface area contributed by atoms with Crippen LogP contribution in [0.5, 0.6) is 0 Å². The number of hydrogen-bond acceptors (Lipinski definition) is 8. The van der Waals surface area contributed by atoms with Crippen molar-refractivity contribution < 1.29 is 4.79 Å². The van der Waals surface area contributed by atoms with Crippen LogP contribution in [0.25, 0.3) is 10.2 Å². The van der Waals surface area contributed by atoms with Crippen LogP contribution in [0.4, 0.5) is 5.95 Å². The number of allylic oxidation sites excluding steroid dienone is 1. The molecule has 0 bridgehead atoms. The number of aromatic amines is 1. The average Bonchev–Trinajstić information content (AvgIpc) is 3.29. The van der Waals surface area contributed by atoms with Crippen LogP contribution < -0.4 is 16.0 Å². The maximum absolute atomic E-state index is 12.1. The molecule has 36 heavy (non-hydrogen) atoms. The number of hydrogen-bond donors (Lipinski definition) is 2. The second-order valence-electron chi connectivity index (χ2n) is 10.2. The van der Waals surface area contributed by atoms with Gasteiger partial charge in [0.15, 0.2) is 0 Å². The molecule has 2 N–H and O–H groups in total. The molecule has 0 atom stereocenters. The molecule has 1 saturated heterocycles. The lowest BCUT2D eigenvalue weighted by Crippen LogP contribution is -2.35. The number of aryl methyl sites for hydroxylation is 1. The molecule has 1 aromatic carbocycles. The minimum Gasteiger partial charge on any atom is -0.306 e. The summed E-state index contributed by atoms with van der Waals surface area (Å²) in [6.07, 6.45) is 8.30. The van der Waals surface area contributed by atoms with E-state index in [1.54, 1.807) is 5.01 Å². The van der Waals surface area contributed by atoms with Gasteiger partial charge in [-0.1, -0.05) is 12.1 Å². The average molecular weight is 505 g/mol. The van der Waals surface area contributed by atoms with Crippen LogP contribution in [-0.4, -0.2) is 52.8 Å². The van der Waals surface area contributed by atoms with Crippen molar-refractivity contribution in [2.75, 3.05) is 31.7 Å². The van der Waals surface area contributed by atoms with Gasteiger partial charge in [-0.15, -0.1) is 11.3 Å². The highest BCUT2D eigenvalue weighted by Gasteiger charge is 2.37. The van der Waals surface area contributed by atoms with Crippen LogP contribution in [0.1, 0.15) is 54.3 Å². The van der Waals surface area contributed by atoms with E-state index in [0.29, 0.717) is 24.3 Å². The summed E-state index contributed by atoms with van der Waals surface area (Å²) in [6.45, 7) is 2.93. The van der Waals surface area contributed by atoms with Gasteiger partial charge in [-0.25, -0.2) is 20.4 Å². The number of hydrazine groups is 1. The zero-order valence-electron chi connectivity index (χ0n) is 20.6. The lowest BCUT2D eigenvalue weighted by atomic mass is 9.98. The van der Waals surface area contributed by atoms with Crippen LogP contribution in [-0.2, 0) is 17.6 Å². The lowest BCUT2D eigenvalue weighted by molar-refractivity contribution is -0.104. The largest absolute Gasteiger partial charge is 0.306 e. The quantitative estimate of drug-likeness (QED) is 0.525.